The zero-order valence-electron chi connectivity index (χ0n) is 9.91. The molecule has 4 heteroatoms. The average Bonchev–Trinajstić information content (AvgIpc) is 2.67. The lowest BCUT2D eigenvalue weighted by Gasteiger charge is -2.09. The van der Waals surface area contributed by atoms with Crippen molar-refractivity contribution in [3.05, 3.63) is 16.1 Å². The SMILES string of the molecule is CCNC(C)c1csc(C(C)COC)n1. The van der Waals surface area contributed by atoms with Gasteiger partial charge < -0.3 is 10.1 Å². The Hall–Kier alpha value is -0.450. The van der Waals surface area contributed by atoms with Crippen LogP contribution in [0.4, 0.5) is 0 Å². The molecule has 1 aromatic heterocycles. The van der Waals surface area contributed by atoms with Crippen LogP contribution in [-0.2, 0) is 4.74 Å². The number of hydrogen-bond acceptors (Lipinski definition) is 4. The van der Waals surface area contributed by atoms with E-state index in [1.165, 1.54) is 0 Å². The van der Waals surface area contributed by atoms with E-state index in [1.54, 1.807) is 18.4 Å². The second kappa shape index (κ2) is 6.20. The van der Waals surface area contributed by atoms with Crippen LogP contribution in [0.3, 0.4) is 0 Å². The molecule has 86 valence electrons. The van der Waals surface area contributed by atoms with E-state index >= 15 is 0 Å². The number of hydrogen-bond donors (Lipinski definition) is 1. The van der Waals surface area contributed by atoms with Gasteiger partial charge >= 0.3 is 0 Å². The van der Waals surface area contributed by atoms with Crippen molar-refractivity contribution in [3.63, 3.8) is 0 Å². The van der Waals surface area contributed by atoms with E-state index in [0.717, 1.165) is 23.9 Å². The predicted octanol–water partition coefficient (Wildman–Crippen LogP) is 2.56. The summed E-state index contributed by atoms with van der Waals surface area (Å²) in [7, 11) is 1.73. The Bertz CT molecular complexity index is 261. The van der Waals surface area contributed by atoms with Gasteiger partial charge in [-0.3, -0.25) is 0 Å². The first-order valence-electron chi connectivity index (χ1n) is 5.36. The van der Waals surface area contributed by atoms with Crippen molar-refractivity contribution in [2.75, 3.05) is 20.3 Å². The van der Waals surface area contributed by atoms with Crippen molar-refractivity contribution in [1.82, 2.24) is 10.3 Å². The third kappa shape index (κ3) is 3.55. The van der Waals surface area contributed by atoms with Crippen molar-refractivity contribution in [3.8, 4) is 0 Å². The minimum absolute atomic E-state index is 0.342. The summed E-state index contributed by atoms with van der Waals surface area (Å²) in [5.41, 5.74) is 1.14. The van der Waals surface area contributed by atoms with Crippen molar-refractivity contribution in [2.24, 2.45) is 0 Å². The molecule has 0 amide bonds. The molecule has 2 atom stereocenters. The van der Waals surface area contributed by atoms with Gasteiger partial charge in [0.15, 0.2) is 0 Å². The van der Waals surface area contributed by atoms with E-state index in [4.69, 9.17) is 4.74 Å². The Kier molecular flexibility index (Phi) is 5.22. The standard InChI is InChI=1S/C11H20N2OS/c1-5-12-9(3)10-7-15-11(13-10)8(2)6-14-4/h7-9,12H,5-6H2,1-4H3. The molecule has 0 aliphatic heterocycles. The molecule has 15 heavy (non-hydrogen) atoms. The average molecular weight is 228 g/mol. The Balaban J connectivity index is 2.62. The van der Waals surface area contributed by atoms with Gasteiger partial charge in [-0.1, -0.05) is 13.8 Å². The lowest BCUT2D eigenvalue weighted by atomic mass is 10.2. The number of ether oxygens (including phenoxy) is 1. The van der Waals surface area contributed by atoms with Crippen molar-refractivity contribution in [2.45, 2.75) is 32.7 Å². The smallest absolute Gasteiger partial charge is 0.0980 e. The highest BCUT2D eigenvalue weighted by atomic mass is 32.1. The first kappa shape index (κ1) is 12.6. The van der Waals surface area contributed by atoms with Gasteiger partial charge in [0.05, 0.1) is 17.3 Å². The van der Waals surface area contributed by atoms with Crippen molar-refractivity contribution < 1.29 is 4.74 Å². The van der Waals surface area contributed by atoms with Crippen LogP contribution in [-0.4, -0.2) is 25.2 Å². The quantitative estimate of drug-likeness (QED) is 0.812. The third-order valence-electron chi connectivity index (χ3n) is 2.33. The highest BCUT2D eigenvalue weighted by Gasteiger charge is 2.13. The maximum atomic E-state index is 5.13. The molecule has 1 N–H and O–H groups in total. The van der Waals surface area contributed by atoms with Gasteiger partial charge in [-0.2, -0.15) is 0 Å². The minimum atomic E-state index is 0.342. The summed E-state index contributed by atoms with van der Waals surface area (Å²) in [6, 6.07) is 0.342. The Morgan fingerprint density at radius 3 is 2.87 bits per heavy atom. The molecule has 0 aromatic carbocycles. The maximum absolute atomic E-state index is 5.13. The van der Waals surface area contributed by atoms with Gasteiger partial charge in [0.25, 0.3) is 0 Å². The largest absolute Gasteiger partial charge is 0.384 e. The molecule has 0 fully saturated rings. The zero-order chi connectivity index (χ0) is 11.3. The number of thiazole rings is 1. The van der Waals surface area contributed by atoms with E-state index in [0.29, 0.717) is 12.0 Å². The van der Waals surface area contributed by atoms with E-state index in [9.17, 15) is 0 Å². The predicted molar refractivity (Wildman–Crippen MR) is 64.5 cm³/mol. The van der Waals surface area contributed by atoms with Gasteiger partial charge in [0.2, 0.25) is 0 Å². The number of aromatic nitrogens is 1. The van der Waals surface area contributed by atoms with Crippen LogP contribution in [0.5, 0.6) is 0 Å². The molecule has 1 heterocycles. The van der Waals surface area contributed by atoms with Gasteiger partial charge in [0.1, 0.15) is 0 Å². The Morgan fingerprint density at radius 1 is 1.53 bits per heavy atom. The highest BCUT2D eigenvalue weighted by molar-refractivity contribution is 7.09. The van der Waals surface area contributed by atoms with Gasteiger partial charge in [0, 0.05) is 24.4 Å². The van der Waals surface area contributed by atoms with E-state index in [-0.39, 0.29) is 0 Å². The van der Waals surface area contributed by atoms with Crippen LogP contribution in [0.25, 0.3) is 0 Å². The fourth-order valence-corrected chi connectivity index (χ4v) is 2.41. The third-order valence-corrected chi connectivity index (χ3v) is 3.43. The van der Waals surface area contributed by atoms with E-state index < -0.39 is 0 Å². The fraction of sp³-hybridized carbons (Fsp3) is 0.727. The molecule has 1 aromatic rings. The van der Waals surface area contributed by atoms with Crippen LogP contribution in [0.15, 0.2) is 5.38 Å². The molecule has 0 saturated carbocycles. The first-order chi connectivity index (χ1) is 7.19. The Labute approximate surface area is 95.9 Å². The van der Waals surface area contributed by atoms with Gasteiger partial charge in [-0.25, -0.2) is 4.98 Å². The van der Waals surface area contributed by atoms with Crippen LogP contribution < -0.4 is 5.32 Å². The number of methoxy groups -OCH3 is 1. The normalized spacial score (nSPS) is 15.2. The molecule has 2 unspecified atom stereocenters. The van der Waals surface area contributed by atoms with Crippen molar-refractivity contribution in [1.29, 1.82) is 0 Å². The number of nitrogens with one attached hydrogen (secondary N) is 1. The topological polar surface area (TPSA) is 34.1 Å². The highest BCUT2D eigenvalue weighted by Crippen LogP contribution is 2.23. The van der Waals surface area contributed by atoms with Gasteiger partial charge in [-0.05, 0) is 13.5 Å². The lowest BCUT2D eigenvalue weighted by Crippen LogP contribution is -2.18. The molecule has 0 aliphatic rings. The van der Waals surface area contributed by atoms with Gasteiger partial charge in [-0.15, -0.1) is 11.3 Å². The number of nitrogens with zero attached hydrogens (tertiary/aromatic N) is 1. The summed E-state index contributed by atoms with van der Waals surface area (Å²) in [5, 5.41) is 6.66. The first-order valence-corrected chi connectivity index (χ1v) is 6.24. The van der Waals surface area contributed by atoms with Crippen LogP contribution >= 0.6 is 11.3 Å². The van der Waals surface area contributed by atoms with Crippen LogP contribution in [0.2, 0.25) is 0 Å². The monoisotopic (exact) mass is 228 g/mol. The lowest BCUT2D eigenvalue weighted by molar-refractivity contribution is 0.184. The van der Waals surface area contributed by atoms with Crippen molar-refractivity contribution >= 4 is 11.3 Å². The van der Waals surface area contributed by atoms with Crippen LogP contribution in [0.1, 0.15) is 43.4 Å². The second-order valence-corrected chi connectivity index (χ2v) is 4.64. The molecular formula is C11H20N2OS. The zero-order valence-corrected chi connectivity index (χ0v) is 10.7. The molecule has 1 rings (SSSR count). The summed E-state index contributed by atoms with van der Waals surface area (Å²) in [4.78, 5) is 4.62. The second-order valence-electron chi connectivity index (χ2n) is 3.75. The minimum Gasteiger partial charge on any atom is -0.384 e. The number of rotatable bonds is 6. The maximum Gasteiger partial charge on any atom is 0.0980 e. The summed E-state index contributed by atoms with van der Waals surface area (Å²) in [6.45, 7) is 8.11. The molecule has 0 radical (unpaired) electrons. The molecule has 0 bridgehead atoms. The van der Waals surface area contributed by atoms with Crippen LogP contribution in [0, 0.1) is 0 Å². The molecule has 3 nitrogen and oxygen atoms in total. The molecule has 0 spiro atoms. The molecule has 0 saturated heterocycles. The fourth-order valence-electron chi connectivity index (χ4n) is 1.46. The summed E-state index contributed by atoms with van der Waals surface area (Å²) >= 11 is 1.72. The summed E-state index contributed by atoms with van der Waals surface area (Å²) in [5.74, 6) is 0.391. The van der Waals surface area contributed by atoms with E-state index in [1.807, 2.05) is 0 Å². The molecule has 0 aliphatic carbocycles. The Morgan fingerprint density at radius 2 is 2.27 bits per heavy atom. The van der Waals surface area contributed by atoms with E-state index in [2.05, 4.69) is 36.5 Å². The summed E-state index contributed by atoms with van der Waals surface area (Å²) in [6.07, 6.45) is 0. The summed E-state index contributed by atoms with van der Waals surface area (Å²) < 4.78 is 5.13. The molecular weight excluding hydrogens is 208 g/mol.